The molecule has 0 saturated heterocycles. The predicted octanol–water partition coefficient (Wildman–Crippen LogP) is 0.709. The molecule has 0 aliphatic heterocycles. The van der Waals surface area contributed by atoms with E-state index < -0.39 is 21.4 Å². The molecule has 0 amide bonds. The molecule has 8 heteroatoms. The summed E-state index contributed by atoms with van der Waals surface area (Å²) in [5, 5.41) is 0.116. The van der Waals surface area contributed by atoms with E-state index in [9.17, 15) is 21.6 Å². The summed E-state index contributed by atoms with van der Waals surface area (Å²) < 4.78 is 60.9. The van der Waals surface area contributed by atoms with E-state index in [2.05, 4.69) is 14.4 Å². The molecule has 0 fully saturated rings. The molecule has 81 valence electrons. The van der Waals surface area contributed by atoms with E-state index >= 15 is 0 Å². The van der Waals surface area contributed by atoms with Crippen LogP contribution in [-0.4, -0.2) is 24.2 Å². The average Bonchev–Trinajstić information content (AvgIpc) is 2.06. The normalized spacial score (nSPS) is 12.5. The third-order valence-electron chi connectivity index (χ3n) is 1.37. The molecule has 0 atom stereocenters. The standard InChI is InChI=1S/C7H4F3O3SSi/c8-7(9,10)14(11,12)13-5-3-1-2-4-6(5)15/h1-4H. The number of alkyl halides is 3. The molecular weight excluding hydrogens is 249 g/mol. The Hall–Kier alpha value is -1.02. The molecule has 3 nitrogen and oxygen atoms in total. The van der Waals surface area contributed by atoms with Crippen LogP contribution in [0.25, 0.3) is 0 Å². The van der Waals surface area contributed by atoms with Crippen LogP contribution < -0.4 is 9.37 Å². The van der Waals surface area contributed by atoms with Gasteiger partial charge in [0.1, 0.15) is 5.75 Å². The van der Waals surface area contributed by atoms with Gasteiger partial charge in [-0.05, 0) is 11.3 Å². The highest BCUT2D eigenvalue weighted by Gasteiger charge is 2.48. The minimum absolute atomic E-state index is 0.116. The first kappa shape index (κ1) is 12.0. The number of halogens is 3. The van der Waals surface area contributed by atoms with Crippen molar-refractivity contribution >= 4 is 25.5 Å². The second-order valence-electron chi connectivity index (χ2n) is 2.48. The summed E-state index contributed by atoms with van der Waals surface area (Å²) in [5.41, 5.74) is -5.43. The minimum atomic E-state index is -5.60. The van der Waals surface area contributed by atoms with Gasteiger partial charge in [0, 0.05) is 0 Å². The molecule has 0 N–H and O–H groups in total. The topological polar surface area (TPSA) is 43.4 Å². The molecule has 0 spiro atoms. The number of rotatable bonds is 2. The van der Waals surface area contributed by atoms with Crippen molar-refractivity contribution in [3.63, 3.8) is 0 Å². The zero-order chi connectivity index (χ0) is 11.7. The van der Waals surface area contributed by atoms with Crippen LogP contribution in [0.1, 0.15) is 0 Å². The van der Waals surface area contributed by atoms with Gasteiger partial charge in [0.2, 0.25) is 0 Å². The summed E-state index contributed by atoms with van der Waals surface area (Å²) >= 11 is 0. The van der Waals surface area contributed by atoms with Crippen LogP contribution in [-0.2, 0) is 10.1 Å². The SMILES string of the molecule is O=S(=O)(Oc1ccccc1[Si])C(F)(F)F. The molecule has 1 rings (SSSR count). The summed E-state index contributed by atoms with van der Waals surface area (Å²) in [6.45, 7) is 0. The molecule has 0 aromatic heterocycles. The Morgan fingerprint density at radius 3 is 2.20 bits per heavy atom. The van der Waals surface area contributed by atoms with Crippen molar-refractivity contribution in [2.24, 2.45) is 0 Å². The molecule has 0 aliphatic rings. The number of hydrogen-bond donors (Lipinski definition) is 0. The van der Waals surface area contributed by atoms with Crippen molar-refractivity contribution in [1.29, 1.82) is 0 Å². The summed E-state index contributed by atoms with van der Waals surface area (Å²) in [6.07, 6.45) is 0. The molecule has 0 aliphatic carbocycles. The maximum atomic E-state index is 11.9. The fourth-order valence-electron chi connectivity index (χ4n) is 0.705. The summed E-state index contributed by atoms with van der Waals surface area (Å²) in [6, 6.07) is 5.32. The van der Waals surface area contributed by atoms with Crippen molar-refractivity contribution in [3.05, 3.63) is 24.3 Å². The van der Waals surface area contributed by atoms with Gasteiger partial charge in [-0.1, -0.05) is 18.2 Å². The molecule has 1 aromatic rings. The Balaban J connectivity index is 3.03. The lowest BCUT2D eigenvalue weighted by molar-refractivity contribution is -0.0499. The quantitative estimate of drug-likeness (QED) is 0.443. The molecule has 0 unspecified atom stereocenters. The van der Waals surface area contributed by atoms with Gasteiger partial charge in [0.15, 0.2) is 0 Å². The van der Waals surface area contributed by atoms with Gasteiger partial charge < -0.3 is 4.18 Å². The summed E-state index contributed by atoms with van der Waals surface area (Å²) in [5.74, 6) is -0.411. The van der Waals surface area contributed by atoms with E-state index in [1.54, 1.807) is 0 Å². The van der Waals surface area contributed by atoms with Crippen molar-refractivity contribution in [3.8, 4) is 5.75 Å². The highest BCUT2D eigenvalue weighted by Crippen LogP contribution is 2.25. The largest absolute Gasteiger partial charge is 0.534 e. The van der Waals surface area contributed by atoms with Crippen LogP contribution >= 0.6 is 0 Å². The van der Waals surface area contributed by atoms with Gasteiger partial charge in [-0.2, -0.15) is 21.6 Å². The fourth-order valence-corrected chi connectivity index (χ4v) is 1.49. The first-order valence-electron chi connectivity index (χ1n) is 3.55. The molecule has 3 radical (unpaired) electrons. The monoisotopic (exact) mass is 253 g/mol. The number of para-hydroxylation sites is 1. The van der Waals surface area contributed by atoms with Gasteiger partial charge in [-0.25, -0.2) is 0 Å². The van der Waals surface area contributed by atoms with Crippen molar-refractivity contribution in [1.82, 2.24) is 0 Å². The first-order valence-corrected chi connectivity index (χ1v) is 5.46. The Kier molecular flexibility index (Phi) is 3.10. The zero-order valence-corrected chi connectivity index (χ0v) is 8.89. The van der Waals surface area contributed by atoms with Crippen LogP contribution in [0.4, 0.5) is 13.2 Å². The number of benzene rings is 1. The van der Waals surface area contributed by atoms with E-state index in [0.29, 0.717) is 0 Å². The maximum absolute atomic E-state index is 11.9. The Morgan fingerprint density at radius 2 is 1.73 bits per heavy atom. The second kappa shape index (κ2) is 3.85. The summed E-state index contributed by atoms with van der Waals surface area (Å²) in [4.78, 5) is 0. The van der Waals surface area contributed by atoms with Crippen LogP contribution in [0.2, 0.25) is 0 Å². The zero-order valence-electron chi connectivity index (χ0n) is 7.08. The fraction of sp³-hybridized carbons (Fsp3) is 0.143. The van der Waals surface area contributed by atoms with Crippen molar-refractivity contribution < 1.29 is 25.8 Å². The van der Waals surface area contributed by atoms with Gasteiger partial charge in [-0.15, -0.1) is 0 Å². The molecular formula is C7H4F3O3SSi. The van der Waals surface area contributed by atoms with Crippen LogP contribution in [0.5, 0.6) is 5.75 Å². The maximum Gasteiger partial charge on any atom is 0.534 e. The smallest absolute Gasteiger partial charge is 0.376 e. The third-order valence-corrected chi connectivity index (χ3v) is 2.75. The van der Waals surface area contributed by atoms with E-state index in [0.717, 1.165) is 6.07 Å². The Morgan fingerprint density at radius 1 is 1.20 bits per heavy atom. The lowest BCUT2D eigenvalue weighted by atomic mass is 10.3. The second-order valence-corrected chi connectivity index (χ2v) is 4.56. The van der Waals surface area contributed by atoms with E-state index in [1.165, 1.54) is 18.2 Å². The molecule has 0 bridgehead atoms. The van der Waals surface area contributed by atoms with Crippen molar-refractivity contribution in [2.45, 2.75) is 5.51 Å². The van der Waals surface area contributed by atoms with Gasteiger partial charge >= 0.3 is 15.6 Å². The van der Waals surface area contributed by atoms with E-state index in [1.807, 2.05) is 0 Å². The van der Waals surface area contributed by atoms with Crippen LogP contribution in [0.3, 0.4) is 0 Å². The lowest BCUT2D eigenvalue weighted by Crippen LogP contribution is -2.29. The highest BCUT2D eigenvalue weighted by atomic mass is 32.2. The third kappa shape index (κ3) is 2.72. The van der Waals surface area contributed by atoms with Gasteiger partial charge in [-0.3, -0.25) is 0 Å². The number of hydrogen-bond acceptors (Lipinski definition) is 3. The van der Waals surface area contributed by atoms with Crippen LogP contribution in [0.15, 0.2) is 24.3 Å². The van der Waals surface area contributed by atoms with E-state index in [4.69, 9.17) is 0 Å². The molecule has 15 heavy (non-hydrogen) atoms. The average molecular weight is 253 g/mol. The molecule has 0 heterocycles. The Labute approximate surface area is 87.4 Å². The predicted molar refractivity (Wildman–Crippen MR) is 47.4 cm³/mol. The lowest BCUT2D eigenvalue weighted by Gasteiger charge is -2.10. The van der Waals surface area contributed by atoms with Gasteiger partial charge in [0.25, 0.3) is 0 Å². The Bertz CT molecular complexity index is 455. The minimum Gasteiger partial charge on any atom is -0.376 e. The van der Waals surface area contributed by atoms with E-state index in [-0.39, 0.29) is 5.19 Å². The van der Waals surface area contributed by atoms with Gasteiger partial charge in [0.05, 0.1) is 10.2 Å². The molecule has 1 aromatic carbocycles. The highest BCUT2D eigenvalue weighted by molar-refractivity contribution is 7.88. The van der Waals surface area contributed by atoms with Crippen molar-refractivity contribution in [2.75, 3.05) is 0 Å². The molecule has 0 saturated carbocycles. The first-order chi connectivity index (χ1) is 6.74. The van der Waals surface area contributed by atoms with Crippen LogP contribution in [0, 0.1) is 0 Å². The summed E-state index contributed by atoms with van der Waals surface area (Å²) in [7, 11) is -2.69.